The van der Waals surface area contributed by atoms with Crippen LogP contribution in [-0.4, -0.2) is 35.8 Å². The van der Waals surface area contributed by atoms with Crippen LogP contribution >= 0.6 is 0 Å². The highest BCUT2D eigenvalue weighted by atomic mass is 32.2. The molecule has 1 aromatic rings. The second-order valence-corrected chi connectivity index (χ2v) is 7.06. The smallest absolute Gasteiger partial charge is 0.294 e. The van der Waals surface area contributed by atoms with Crippen molar-refractivity contribution in [1.29, 1.82) is 0 Å². The zero-order valence-electron chi connectivity index (χ0n) is 12.1. The van der Waals surface area contributed by atoms with Crippen molar-refractivity contribution in [2.75, 3.05) is 6.54 Å². The molecule has 1 heterocycles. The van der Waals surface area contributed by atoms with Gasteiger partial charge >= 0.3 is 0 Å². The molecule has 1 aromatic carbocycles. The molecule has 0 aromatic heterocycles. The molecule has 0 unspecified atom stereocenters. The molecule has 1 N–H and O–H groups in total. The van der Waals surface area contributed by atoms with Crippen LogP contribution in [0, 0.1) is 0 Å². The molecule has 0 radical (unpaired) electrons. The summed E-state index contributed by atoms with van der Waals surface area (Å²) in [5, 5.41) is 10.7. The minimum atomic E-state index is -4.27. The predicted molar refractivity (Wildman–Crippen MR) is 74.4 cm³/mol. The molecular weight excluding hydrogens is 294 g/mol. The second kappa shape index (κ2) is 4.92. The Morgan fingerprint density at radius 1 is 1.38 bits per heavy atom. The average Bonchev–Trinajstić information content (AvgIpc) is 2.54. The number of carboxylic acids is 1. The number of rotatable bonds is 4. The molecule has 0 saturated carbocycles. The van der Waals surface area contributed by atoms with Gasteiger partial charge in [-0.15, -0.1) is 0 Å². The van der Waals surface area contributed by atoms with Crippen LogP contribution in [0.3, 0.4) is 0 Å². The summed E-state index contributed by atoms with van der Waals surface area (Å²) < 4.78 is 33.6. The number of nitrogens with zero attached hydrogens (tertiary/aromatic N) is 1. The summed E-state index contributed by atoms with van der Waals surface area (Å²) in [5.74, 6) is -1.14. The van der Waals surface area contributed by atoms with Crippen molar-refractivity contribution >= 4 is 27.5 Å². The molecule has 7 heteroatoms. The molecule has 0 atom stereocenters. The third-order valence-corrected chi connectivity index (χ3v) is 4.93. The van der Waals surface area contributed by atoms with E-state index in [4.69, 9.17) is 4.55 Å². The van der Waals surface area contributed by atoms with Crippen LogP contribution in [0.5, 0.6) is 0 Å². The molecular formula is C14H17NO5S. The summed E-state index contributed by atoms with van der Waals surface area (Å²) in [5.41, 5.74) is 1.98. The van der Waals surface area contributed by atoms with Gasteiger partial charge in [0.05, 0.1) is 10.3 Å². The van der Waals surface area contributed by atoms with Crippen LogP contribution in [0.25, 0.3) is 0 Å². The standard InChI is InChI=1S/C14H17NO5S/c1-9-14(2,3)11-8-10(21(18,19)20)4-5-12(11)15(9)7-6-13(16)17/h4-5,8H,6-7H2,1-3H3,(H-,16,17,18,19,20). The summed E-state index contributed by atoms with van der Waals surface area (Å²) in [6, 6.07) is 4.34. The number of carbonyl (C=O) groups is 1. The van der Waals surface area contributed by atoms with Crippen LogP contribution in [0.4, 0.5) is 5.69 Å². The Kier molecular flexibility index (Phi) is 3.67. The van der Waals surface area contributed by atoms with E-state index in [1.165, 1.54) is 12.1 Å². The molecule has 0 fully saturated rings. The Bertz CT molecular complexity index is 747. The Balaban J connectivity index is 2.55. The van der Waals surface area contributed by atoms with Gasteiger partial charge in [-0.1, -0.05) is 0 Å². The van der Waals surface area contributed by atoms with Crippen LogP contribution in [-0.2, 0) is 20.3 Å². The van der Waals surface area contributed by atoms with E-state index in [0.717, 1.165) is 17.0 Å². The van der Waals surface area contributed by atoms with E-state index in [1.54, 1.807) is 6.07 Å². The van der Waals surface area contributed by atoms with Crippen molar-refractivity contribution in [1.82, 2.24) is 0 Å². The summed E-state index contributed by atoms with van der Waals surface area (Å²) >= 11 is 0. The van der Waals surface area contributed by atoms with Crippen molar-refractivity contribution in [3.05, 3.63) is 23.8 Å². The molecule has 1 aliphatic heterocycles. The van der Waals surface area contributed by atoms with Gasteiger partial charge in [0.15, 0.2) is 12.3 Å². The van der Waals surface area contributed by atoms with E-state index >= 15 is 0 Å². The van der Waals surface area contributed by atoms with E-state index in [0.29, 0.717) is 0 Å². The van der Waals surface area contributed by atoms with Gasteiger partial charge < -0.3 is 9.90 Å². The van der Waals surface area contributed by atoms with Gasteiger partial charge in [-0.25, -0.2) is 0 Å². The molecule has 0 saturated heterocycles. The topological polar surface area (TPSA) is 97.5 Å². The Labute approximate surface area is 123 Å². The SMILES string of the molecule is CC1=[N+](CCC(=O)[O-])c2ccc(S(=O)(=O)O)cc2C1(C)C. The van der Waals surface area contributed by atoms with E-state index in [2.05, 4.69) is 0 Å². The third-order valence-electron chi connectivity index (χ3n) is 4.08. The van der Waals surface area contributed by atoms with Crippen LogP contribution in [0.15, 0.2) is 23.1 Å². The van der Waals surface area contributed by atoms with Crippen molar-refractivity contribution in [3.63, 3.8) is 0 Å². The molecule has 0 spiro atoms. The normalized spacial score (nSPS) is 17.0. The first-order valence-corrected chi connectivity index (χ1v) is 7.92. The molecule has 0 bridgehead atoms. The minimum Gasteiger partial charge on any atom is -0.550 e. The van der Waals surface area contributed by atoms with Gasteiger partial charge in [-0.05, 0) is 26.0 Å². The van der Waals surface area contributed by atoms with Crippen molar-refractivity contribution in [2.45, 2.75) is 37.5 Å². The molecule has 114 valence electrons. The largest absolute Gasteiger partial charge is 0.550 e. The fraction of sp³-hybridized carbons (Fsp3) is 0.429. The zero-order chi connectivity index (χ0) is 16.0. The average molecular weight is 311 g/mol. The highest BCUT2D eigenvalue weighted by molar-refractivity contribution is 7.85. The zero-order valence-corrected chi connectivity index (χ0v) is 12.9. The lowest BCUT2D eigenvalue weighted by Gasteiger charge is -2.15. The van der Waals surface area contributed by atoms with E-state index < -0.39 is 21.5 Å². The quantitative estimate of drug-likeness (QED) is 0.644. The van der Waals surface area contributed by atoms with Crippen LogP contribution < -0.4 is 5.11 Å². The highest BCUT2D eigenvalue weighted by Crippen LogP contribution is 2.40. The maximum atomic E-state index is 11.3. The van der Waals surface area contributed by atoms with Gasteiger partial charge in [0.25, 0.3) is 10.1 Å². The molecule has 21 heavy (non-hydrogen) atoms. The van der Waals surface area contributed by atoms with E-state index in [1.807, 2.05) is 25.3 Å². The fourth-order valence-electron chi connectivity index (χ4n) is 2.62. The van der Waals surface area contributed by atoms with Crippen molar-refractivity contribution < 1.29 is 27.4 Å². The third kappa shape index (κ3) is 2.71. The van der Waals surface area contributed by atoms with Crippen molar-refractivity contribution in [2.24, 2.45) is 0 Å². The van der Waals surface area contributed by atoms with Gasteiger partial charge in [-0.2, -0.15) is 13.0 Å². The monoisotopic (exact) mass is 311 g/mol. The fourth-order valence-corrected chi connectivity index (χ4v) is 3.12. The second-order valence-electron chi connectivity index (χ2n) is 5.64. The van der Waals surface area contributed by atoms with Gasteiger partial charge in [0.1, 0.15) is 0 Å². The summed E-state index contributed by atoms with van der Waals surface area (Å²) in [7, 11) is -4.27. The Morgan fingerprint density at radius 2 is 2.00 bits per heavy atom. The molecule has 6 nitrogen and oxygen atoms in total. The number of carbonyl (C=O) groups excluding carboxylic acids is 1. The first-order chi connectivity index (χ1) is 9.55. The summed E-state index contributed by atoms with van der Waals surface area (Å²) in [6.07, 6.45) is -0.118. The van der Waals surface area contributed by atoms with Crippen LogP contribution in [0.2, 0.25) is 0 Å². The highest BCUT2D eigenvalue weighted by Gasteiger charge is 2.43. The predicted octanol–water partition coefficient (Wildman–Crippen LogP) is 0.469. The van der Waals surface area contributed by atoms with Gasteiger partial charge in [0, 0.05) is 30.9 Å². The maximum Gasteiger partial charge on any atom is 0.294 e. The number of hydrogen-bond donors (Lipinski definition) is 1. The summed E-state index contributed by atoms with van der Waals surface area (Å²) in [6.45, 7) is 5.99. The number of carboxylic acid groups (broad SMARTS) is 1. The number of aliphatic carboxylic acids is 1. The van der Waals surface area contributed by atoms with Gasteiger partial charge in [-0.3, -0.25) is 4.55 Å². The van der Waals surface area contributed by atoms with Crippen molar-refractivity contribution in [3.8, 4) is 0 Å². The molecule has 1 aliphatic rings. The van der Waals surface area contributed by atoms with Crippen LogP contribution in [0.1, 0.15) is 32.8 Å². The number of hydrogen-bond acceptors (Lipinski definition) is 4. The van der Waals surface area contributed by atoms with E-state index in [-0.39, 0.29) is 17.9 Å². The lowest BCUT2D eigenvalue weighted by Crippen LogP contribution is -2.29. The first kappa shape index (κ1) is 15.7. The Hall–Kier alpha value is -1.73. The number of benzene rings is 1. The minimum absolute atomic E-state index is 0.118. The summed E-state index contributed by atoms with van der Waals surface area (Å²) in [4.78, 5) is 10.5. The lowest BCUT2D eigenvalue weighted by atomic mass is 9.82. The Morgan fingerprint density at radius 3 is 2.52 bits per heavy atom. The molecule has 2 rings (SSSR count). The van der Waals surface area contributed by atoms with E-state index in [9.17, 15) is 18.3 Å². The van der Waals surface area contributed by atoms with Gasteiger partial charge in [0.2, 0.25) is 5.69 Å². The maximum absolute atomic E-state index is 11.3. The molecule has 0 aliphatic carbocycles. The molecule has 0 amide bonds. The lowest BCUT2D eigenvalue weighted by molar-refractivity contribution is -0.441. The number of fused-ring (bicyclic) bond motifs is 1. The first-order valence-electron chi connectivity index (χ1n) is 6.48.